The van der Waals surface area contributed by atoms with Gasteiger partial charge in [0.15, 0.2) is 0 Å². The van der Waals surface area contributed by atoms with Crippen molar-refractivity contribution in [2.24, 2.45) is 0 Å². The zero-order valence-corrected chi connectivity index (χ0v) is 10.4. The number of aliphatic hydroxyl groups excluding tert-OH is 1. The Bertz CT molecular complexity index is 529. The lowest BCUT2D eigenvalue weighted by atomic mass is 10.1. The lowest BCUT2D eigenvalue weighted by Gasteiger charge is -2.23. The van der Waals surface area contributed by atoms with Gasteiger partial charge in [-0.05, 0) is 25.5 Å². The topological polar surface area (TPSA) is 70.8 Å². The maximum absolute atomic E-state index is 12.1. The molecular weight excluding hydrogens is 242 g/mol. The highest BCUT2D eigenvalue weighted by Gasteiger charge is 2.28. The van der Waals surface area contributed by atoms with Gasteiger partial charge in [0.1, 0.15) is 12.4 Å². The summed E-state index contributed by atoms with van der Waals surface area (Å²) in [5.74, 6) is 0.257. The summed E-state index contributed by atoms with van der Waals surface area (Å²) in [7, 11) is -3.56. The highest BCUT2D eigenvalue weighted by atomic mass is 32.2. The third-order valence-electron chi connectivity index (χ3n) is 2.79. The summed E-state index contributed by atoms with van der Waals surface area (Å²) >= 11 is 0. The van der Waals surface area contributed by atoms with Crippen LogP contribution in [0.15, 0.2) is 33.3 Å². The molecule has 1 aliphatic rings. The average molecular weight is 257 g/mol. The molecule has 2 heterocycles. The van der Waals surface area contributed by atoms with Crippen LogP contribution in [0.2, 0.25) is 0 Å². The summed E-state index contributed by atoms with van der Waals surface area (Å²) in [5.41, 5.74) is 1.20. The van der Waals surface area contributed by atoms with Crippen LogP contribution in [-0.4, -0.2) is 30.9 Å². The molecule has 1 N–H and O–H groups in total. The van der Waals surface area contributed by atoms with Gasteiger partial charge in [-0.15, -0.1) is 0 Å². The minimum atomic E-state index is -3.56. The van der Waals surface area contributed by atoms with Gasteiger partial charge in [-0.3, -0.25) is 0 Å². The Morgan fingerprint density at radius 1 is 1.47 bits per heavy atom. The SMILES string of the molecule is CC1=CCN(S(=O)(=O)c2ccc(CO)o2)CC1. The second-order valence-electron chi connectivity index (χ2n) is 4.04. The van der Waals surface area contributed by atoms with Gasteiger partial charge in [0.25, 0.3) is 10.0 Å². The molecule has 0 fully saturated rings. The molecule has 1 aromatic rings. The van der Waals surface area contributed by atoms with E-state index in [2.05, 4.69) is 0 Å². The van der Waals surface area contributed by atoms with E-state index in [1.807, 2.05) is 13.0 Å². The molecule has 0 saturated carbocycles. The van der Waals surface area contributed by atoms with Gasteiger partial charge in [0.05, 0.1) is 0 Å². The van der Waals surface area contributed by atoms with Crippen LogP contribution in [0.4, 0.5) is 0 Å². The van der Waals surface area contributed by atoms with Crippen molar-refractivity contribution in [3.63, 3.8) is 0 Å². The molecule has 2 rings (SSSR count). The van der Waals surface area contributed by atoms with E-state index in [4.69, 9.17) is 9.52 Å². The van der Waals surface area contributed by atoms with E-state index in [9.17, 15) is 8.42 Å². The standard InChI is InChI=1S/C11H15NO4S/c1-9-4-6-12(7-5-9)17(14,15)11-3-2-10(8-13)16-11/h2-4,13H,5-8H2,1H3. The fourth-order valence-electron chi connectivity index (χ4n) is 1.68. The number of hydrogen-bond acceptors (Lipinski definition) is 4. The number of hydrogen-bond donors (Lipinski definition) is 1. The zero-order chi connectivity index (χ0) is 12.5. The maximum atomic E-state index is 12.1. The highest BCUT2D eigenvalue weighted by Crippen LogP contribution is 2.22. The van der Waals surface area contributed by atoms with Gasteiger partial charge >= 0.3 is 0 Å². The number of furan rings is 1. The first-order chi connectivity index (χ1) is 8.04. The number of aliphatic hydroxyl groups is 1. The van der Waals surface area contributed by atoms with Crippen LogP contribution in [0, 0.1) is 0 Å². The summed E-state index contributed by atoms with van der Waals surface area (Å²) in [6.07, 6.45) is 2.64. The van der Waals surface area contributed by atoms with E-state index >= 15 is 0 Å². The summed E-state index contributed by atoms with van der Waals surface area (Å²) in [5, 5.41) is 8.75. The molecule has 17 heavy (non-hydrogen) atoms. The Balaban J connectivity index is 2.24. The molecule has 0 saturated heterocycles. The van der Waals surface area contributed by atoms with Gasteiger partial charge in [0.2, 0.25) is 5.09 Å². The number of rotatable bonds is 3. The lowest BCUT2D eigenvalue weighted by Crippen LogP contribution is -2.34. The second kappa shape index (κ2) is 4.64. The van der Waals surface area contributed by atoms with Crippen LogP contribution in [-0.2, 0) is 16.6 Å². The van der Waals surface area contributed by atoms with Crippen molar-refractivity contribution in [3.8, 4) is 0 Å². The smallest absolute Gasteiger partial charge is 0.276 e. The summed E-state index contributed by atoms with van der Waals surface area (Å²) < 4.78 is 30.7. The largest absolute Gasteiger partial charge is 0.446 e. The highest BCUT2D eigenvalue weighted by molar-refractivity contribution is 7.89. The molecule has 1 aromatic heterocycles. The Hall–Kier alpha value is -1.11. The van der Waals surface area contributed by atoms with E-state index in [1.165, 1.54) is 22.0 Å². The predicted octanol–water partition coefficient (Wildman–Crippen LogP) is 1.11. The number of sulfonamides is 1. The van der Waals surface area contributed by atoms with Gasteiger partial charge in [-0.1, -0.05) is 11.6 Å². The first kappa shape index (κ1) is 12.3. The molecule has 0 amide bonds. The molecule has 5 nitrogen and oxygen atoms in total. The summed E-state index contributed by atoms with van der Waals surface area (Å²) in [6.45, 7) is 2.54. The molecule has 0 radical (unpaired) electrons. The zero-order valence-electron chi connectivity index (χ0n) is 9.59. The summed E-state index contributed by atoms with van der Waals surface area (Å²) in [6, 6.07) is 2.85. The van der Waals surface area contributed by atoms with Crippen LogP contribution in [0.3, 0.4) is 0 Å². The predicted molar refractivity (Wildman–Crippen MR) is 61.8 cm³/mol. The molecule has 0 aromatic carbocycles. The Kier molecular flexibility index (Phi) is 3.37. The average Bonchev–Trinajstić information content (AvgIpc) is 2.78. The first-order valence-electron chi connectivity index (χ1n) is 5.39. The van der Waals surface area contributed by atoms with Crippen molar-refractivity contribution in [2.45, 2.75) is 25.0 Å². The van der Waals surface area contributed by atoms with E-state index in [0.717, 1.165) is 6.42 Å². The fourth-order valence-corrected chi connectivity index (χ4v) is 2.99. The third kappa shape index (κ3) is 2.43. The summed E-state index contributed by atoms with van der Waals surface area (Å²) in [4.78, 5) is 0. The van der Waals surface area contributed by atoms with Gasteiger partial charge < -0.3 is 9.52 Å². The van der Waals surface area contributed by atoms with Crippen LogP contribution < -0.4 is 0 Å². The third-order valence-corrected chi connectivity index (χ3v) is 4.53. The molecule has 1 aliphatic heterocycles. The maximum Gasteiger partial charge on any atom is 0.276 e. The van der Waals surface area contributed by atoms with Crippen LogP contribution in [0.1, 0.15) is 19.1 Å². The van der Waals surface area contributed by atoms with E-state index in [-0.39, 0.29) is 17.5 Å². The van der Waals surface area contributed by atoms with Crippen LogP contribution in [0.5, 0.6) is 0 Å². The normalized spacial score (nSPS) is 18.1. The minimum absolute atomic E-state index is 0.102. The van der Waals surface area contributed by atoms with Crippen molar-refractivity contribution >= 4 is 10.0 Å². The van der Waals surface area contributed by atoms with Gasteiger partial charge in [0, 0.05) is 13.1 Å². The molecule has 6 heteroatoms. The quantitative estimate of drug-likeness (QED) is 0.823. The second-order valence-corrected chi connectivity index (χ2v) is 5.91. The number of nitrogens with zero attached hydrogens (tertiary/aromatic N) is 1. The van der Waals surface area contributed by atoms with Crippen molar-refractivity contribution in [2.75, 3.05) is 13.1 Å². The lowest BCUT2D eigenvalue weighted by molar-refractivity contribution is 0.235. The van der Waals surface area contributed by atoms with E-state index < -0.39 is 10.0 Å². The molecule has 0 spiro atoms. The van der Waals surface area contributed by atoms with Gasteiger partial charge in [-0.2, -0.15) is 4.31 Å². The van der Waals surface area contributed by atoms with Crippen molar-refractivity contribution in [3.05, 3.63) is 29.5 Å². The van der Waals surface area contributed by atoms with Crippen molar-refractivity contribution in [1.82, 2.24) is 4.31 Å². The first-order valence-corrected chi connectivity index (χ1v) is 6.83. The Morgan fingerprint density at radius 3 is 2.76 bits per heavy atom. The molecule has 0 unspecified atom stereocenters. The molecule has 0 atom stereocenters. The van der Waals surface area contributed by atoms with Gasteiger partial charge in [-0.25, -0.2) is 8.42 Å². The molecule has 94 valence electrons. The molecule has 0 aliphatic carbocycles. The van der Waals surface area contributed by atoms with Crippen molar-refractivity contribution in [1.29, 1.82) is 0 Å². The molecular formula is C11H15NO4S. The molecule has 0 bridgehead atoms. The van der Waals surface area contributed by atoms with E-state index in [0.29, 0.717) is 13.1 Å². The van der Waals surface area contributed by atoms with Crippen LogP contribution >= 0.6 is 0 Å². The van der Waals surface area contributed by atoms with Crippen molar-refractivity contribution < 1.29 is 17.9 Å². The Morgan fingerprint density at radius 2 is 2.24 bits per heavy atom. The fraction of sp³-hybridized carbons (Fsp3) is 0.455. The van der Waals surface area contributed by atoms with E-state index in [1.54, 1.807) is 0 Å². The monoisotopic (exact) mass is 257 g/mol. The van der Waals surface area contributed by atoms with Crippen LogP contribution in [0.25, 0.3) is 0 Å². The minimum Gasteiger partial charge on any atom is -0.446 e. The Labute approximate surface area is 100 Å².